The lowest BCUT2D eigenvalue weighted by Crippen LogP contribution is -2.44. The molecule has 0 amide bonds. The molecule has 150 valence electrons. The van der Waals surface area contributed by atoms with Gasteiger partial charge in [-0.15, -0.1) is 0 Å². The topological polar surface area (TPSA) is 28.2 Å². The van der Waals surface area contributed by atoms with Gasteiger partial charge in [0.1, 0.15) is 5.82 Å². The Morgan fingerprint density at radius 2 is 1.79 bits per heavy atom. The van der Waals surface area contributed by atoms with E-state index in [2.05, 4.69) is 27.3 Å². The zero-order valence-corrected chi connectivity index (χ0v) is 17.1. The van der Waals surface area contributed by atoms with Gasteiger partial charge >= 0.3 is 0 Å². The van der Waals surface area contributed by atoms with Crippen molar-refractivity contribution in [3.8, 4) is 0 Å². The number of nitrogens with one attached hydrogen (secondary N) is 1. The number of hydrogen-bond donors (Lipinski definition) is 1. The quantitative estimate of drug-likeness (QED) is 0.576. The number of halogens is 2. The van der Waals surface area contributed by atoms with E-state index in [4.69, 9.17) is 11.6 Å². The molecule has 0 bridgehead atoms. The van der Waals surface area contributed by atoms with Crippen molar-refractivity contribution in [1.29, 1.82) is 0 Å². The minimum Gasteiger partial charge on any atom is -0.311 e. The summed E-state index contributed by atoms with van der Waals surface area (Å²) in [5.41, 5.74) is 4.85. The molecule has 1 N–H and O–H groups in total. The second-order valence-electron chi connectivity index (χ2n) is 7.60. The van der Waals surface area contributed by atoms with Crippen molar-refractivity contribution in [2.24, 2.45) is 0 Å². The molecule has 2 aromatic carbocycles. The van der Waals surface area contributed by atoms with Crippen LogP contribution < -0.4 is 5.32 Å². The predicted molar refractivity (Wildman–Crippen MR) is 115 cm³/mol. The maximum Gasteiger partial charge on any atom is 0.123 e. The molecule has 2 heterocycles. The monoisotopic (exact) mass is 409 g/mol. The highest BCUT2D eigenvalue weighted by atomic mass is 35.5. The molecule has 0 saturated heterocycles. The summed E-state index contributed by atoms with van der Waals surface area (Å²) in [4.78, 5) is 6.57. The number of fused-ring (bicyclic) bond motifs is 1. The lowest BCUT2D eigenvalue weighted by Gasteiger charge is -2.37. The molecule has 5 heteroatoms. The van der Waals surface area contributed by atoms with E-state index in [1.807, 2.05) is 42.7 Å². The van der Waals surface area contributed by atoms with Crippen molar-refractivity contribution in [2.45, 2.75) is 32.0 Å². The van der Waals surface area contributed by atoms with Crippen LogP contribution in [-0.2, 0) is 25.9 Å². The van der Waals surface area contributed by atoms with Gasteiger partial charge in [-0.3, -0.25) is 9.88 Å². The molecule has 0 saturated carbocycles. The fourth-order valence-corrected chi connectivity index (χ4v) is 4.11. The summed E-state index contributed by atoms with van der Waals surface area (Å²) in [7, 11) is 0. The highest BCUT2D eigenvalue weighted by Gasteiger charge is 2.26. The van der Waals surface area contributed by atoms with Crippen molar-refractivity contribution in [3.05, 3.63) is 100 Å². The number of nitrogens with zero attached hydrogens (tertiary/aromatic N) is 2. The highest BCUT2D eigenvalue weighted by Crippen LogP contribution is 2.26. The lowest BCUT2D eigenvalue weighted by molar-refractivity contribution is 0.170. The molecule has 3 aromatic rings. The summed E-state index contributed by atoms with van der Waals surface area (Å²) in [6, 6.07) is 17.6. The van der Waals surface area contributed by atoms with Crippen LogP contribution >= 0.6 is 11.6 Å². The molecule has 0 radical (unpaired) electrons. The second-order valence-corrected chi connectivity index (χ2v) is 8.04. The summed E-state index contributed by atoms with van der Waals surface area (Å²) < 4.78 is 13.8. The average Bonchev–Trinajstić information content (AvgIpc) is 2.74. The molecule has 1 aromatic heterocycles. The van der Waals surface area contributed by atoms with E-state index in [0.29, 0.717) is 6.04 Å². The third-order valence-electron chi connectivity index (χ3n) is 5.55. The Hall–Kier alpha value is -2.27. The van der Waals surface area contributed by atoms with Crippen LogP contribution in [0.2, 0.25) is 5.02 Å². The summed E-state index contributed by atoms with van der Waals surface area (Å²) in [6.45, 7) is 3.53. The molecule has 1 atom stereocenters. The summed E-state index contributed by atoms with van der Waals surface area (Å²) >= 11 is 6.04. The van der Waals surface area contributed by atoms with Crippen LogP contribution in [0, 0.1) is 5.82 Å². The third-order valence-corrected chi connectivity index (χ3v) is 5.80. The van der Waals surface area contributed by atoms with E-state index in [1.54, 1.807) is 12.1 Å². The van der Waals surface area contributed by atoms with Crippen LogP contribution in [-0.4, -0.2) is 29.0 Å². The molecule has 1 aliphatic heterocycles. The number of hydrogen-bond acceptors (Lipinski definition) is 3. The minimum atomic E-state index is -0.151. The van der Waals surface area contributed by atoms with E-state index in [-0.39, 0.29) is 5.82 Å². The third kappa shape index (κ3) is 5.41. The van der Waals surface area contributed by atoms with Crippen LogP contribution in [0.5, 0.6) is 0 Å². The molecule has 0 aliphatic carbocycles. The van der Waals surface area contributed by atoms with E-state index >= 15 is 0 Å². The first-order valence-corrected chi connectivity index (χ1v) is 10.4. The first-order chi connectivity index (χ1) is 14.2. The minimum absolute atomic E-state index is 0.151. The molecule has 29 heavy (non-hydrogen) atoms. The average molecular weight is 410 g/mol. The van der Waals surface area contributed by atoms with Crippen LogP contribution in [0.4, 0.5) is 4.39 Å². The van der Waals surface area contributed by atoms with E-state index in [1.165, 1.54) is 16.7 Å². The largest absolute Gasteiger partial charge is 0.311 e. The number of rotatable bonds is 7. The van der Waals surface area contributed by atoms with Crippen LogP contribution in [0.15, 0.2) is 67.0 Å². The van der Waals surface area contributed by atoms with Gasteiger partial charge in [-0.1, -0.05) is 29.8 Å². The second kappa shape index (κ2) is 9.49. The number of pyridine rings is 1. The Morgan fingerprint density at radius 3 is 2.59 bits per heavy atom. The van der Waals surface area contributed by atoms with Crippen LogP contribution in [0.1, 0.15) is 22.3 Å². The molecule has 4 rings (SSSR count). The SMILES string of the molecule is Fc1ccc2c(c1)CC(Cc1ccc(Cl)cc1)N(CCNCc1ccncc1)C2. The molecule has 1 unspecified atom stereocenters. The molecule has 3 nitrogen and oxygen atoms in total. The molecule has 0 fully saturated rings. The predicted octanol–water partition coefficient (Wildman–Crippen LogP) is 4.63. The van der Waals surface area contributed by atoms with E-state index in [9.17, 15) is 4.39 Å². The fraction of sp³-hybridized carbons (Fsp3) is 0.292. The zero-order valence-electron chi connectivity index (χ0n) is 16.3. The Balaban J connectivity index is 1.42. The van der Waals surface area contributed by atoms with Gasteiger partial charge in [0.05, 0.1) is 0 Å². The Morgan fingerprint density at radius 1 is 1.00 bits per heavy atom. The first kappa shape index (κ1) is 20.0. The van der Waals surface area contributed by atoms with Gasteiger partial charge in [0.15, 0.2) is 0 Å². The molecular formula is C24H25ClFN3. The van der Waals surface area contributed by atoms with Crippen molar-refractivity contribution in [1.82, 2.24) is 15.2 Å². The number of benzene rings is 2. The van der Waals surface area contributed by atoms with Gasteiger partial charge in [0.25, 0.3) is 0 Å². The van der Waals surface area contributed by atoms with Crippen molar-refractivity contribution in [2.75, 3.05) is 13.1 Å². The van der Waals surface area contributed by atoms with Gasteiger partial charge < -0.3 is 5.32 Å². The fourth-order valence-electron chi connectivity index (χ4n) is 3.98. The molecular weight excluding hydrogens is 385 g/mol. The molecule has 1 aliphatic rings. The number of aromatic nitrogens is 1. The van der Waals surface area contributed by atoms with Crippen molar-refractivity contribution in [3.63, 3.8) is 0 Å². The normalized spacial score (nSPS) is 16.6. The van der Waals surface area contributed by atoms with E-state index in [0.717, 1.165) is 49.6 Å². The Kier molecular flexibility index (Phi) is 6.55. The lowest BCUT2D eigenvalue weighted by atomic mass is 9.90. The van der Waals surface area contributed by atoms with Gasteiger partial charge in [-0.05, 0) is 71.5 Å². The summed E-state index contributed by atoms with van der Waals surface area (Å²) in [5, 5.41) is 4.28. The standard InChI is InChI=1S/C24H25ClFN3/c25-22-4-1-18(2-5-22)13-24-15-21-14-23(26)6-3-20(21)17-29(24)12-11-28-16-19-7-9-27-10-8-19/h1-10,14,24,28H,11-13,15-17H2. The highest BCUT2D eigenvalue weighted by molar-refractivity contribution is 6.30. The van der Waals surface area contributed by atoms with Gasteiger partial charge in [0.2, 0.25) is 0 Å². The Labute approximate surface area is 176 Å². The maximum absolute atomic E-state index is 13.8. The van der Waals surface area contributed by atoms with Crippen LogP contribution in [0.25, 0.3) is 0 Å². The van der Waals surface area contributed by atoms with E-state index < -0.39 is 0 Å². The van der Waals surface area contributed by atoms with Crippen molar-refractivity contribution < 1.29 is 4.39 Å². The first-order valence-electron chi connectivity index (χ1n) is 10.0. The zero-order chi connectivity index (χ0) is 20.1. The van der Waals surface area contributed by atoms with Crippen LogP contribution in [0.3, 0.4) is 0 Å². The van der Waals surface area contributed by atoms with Gasteiger partial charge in [-0.2, -0.15) is 0 Å². The summed E-state index contributed by atoms with van der Waals surface area (Å²) in [6.07, 6.45) is 5.43. The molecule has 0 spiro atoms. The van der Waals surface area contributed by atoms with Gasteiger partial charge in [0, 0.05) is 49.6 Å². The summed E-state index contributed by atoms with van der Waals surface area (Å²) in [5.74, 6) is -0.151. The maximum atomic E-state index is 13.8. The van der Waals surface area contributed by atoms with Gasteiger partial charge in [-0.25, -0.2) is 4.39 Å². The smallest absolute Gasteiger partial charge is 0.123 e. The Bertz CT molecular complexity index is 931. The van der Waals surface area contributed by atoms with Crippen molar-refractivity contribution >= 4 is 11.6 Å².